The normalized spacial score (nSPS) is 12.9. The third kappa shape index (κ3) is 3.36. The molecular weight excluding hydrogens is 247 g/mol. The first-order valence-electron chi connectivity index (χ1n) is 4.51. The molecule has 0 bridgehead atoms. The lowest BCUT2D eigenvalue weighted by Crippen LogP contribution is -2.32. The minimum Gasteiger partial charge on any atom is -0.329 e. The summed E-state index contributed by atoms with van der Waals surface area (Å²) < 4.78 is 13.4. The third-order valence-corrected chi connectivity index (χ3v) is 2.60. The maximum absolute atomic E-state index is 12.9. The van der Waals surface area contributed by atoms with Crippen molar-refractivity contribution in [1.82, 2.24) is 5.32 Å². The fraction of sp³-hybridized carbons (Fsp3) is 0.400. The van der Waals surface area contributed by atoms with Crippen molar-refractivity contribution in [3.8, 4) is 0 Å². The van der Waals surface area contributed by atoms with E-state index < -0.39 is 0 Å². The van der Waals surface area contributed by atoms with E-state index in [0.29, 0.717) is 17.6 Å². The van der Waals surface area contributed by atoms with Gasteiger partial charge in [-0.2, -0.15) is 0 Å². The second kappa shape index (κ2) is 5.44. The molecule has 0 radical (unpaired) electrons. The van der Waals surface area contributed by atoms with Crippen LogP contribution in [0.5, 0.6) is 0 Å². The zero-order chi connectivity index (χ0) is 10.6. The van der Waals surface area contributed by atoms with Crippen LogP contribution in [-0.2, 0) is 6.54 Å². The summed E-state index contributed by atoms with van der Waals surface area (Å²) in [4.78, 5) is 0. The molecule has 2 nitrogen and oxygen atoms in total. The second-order valence-electron chi connectivity index (χ2n) is 3.27. The first-order valence-corrected chi connectivity index (χ1v) is 5.30. The lowest BCUT2D eigenvalue weighted by Gasteiger charge is -2.11. The molecule has 3 N–H and O–H groups in total. The highest BCUT2D eigenvalue weighted by Crippen LogP contribution is 2.16. The molecule has 0 unspecified atom stereocenters. The summed E-state index contributed by atoms with van der Waals surface area (Å²) in [7, 11) is 0. The molecule has 0 aromatic heterocycles. The monoisotopic (exact) mass is 260 g/mol. The summed E-state index contributed by atoms with van der Waals surface area (Å²) in [6.07, 6.45) is 0. The van der Waals surface area contributed by atoms with Crippen molar-refractivity contribution in [2.45, 2.75) is 19.5 Å². The SMILES string of the molecule is C[C@H](CN)NCc1ccc(F)c(Br)c1. The highest BCUT2D eigenvalue weighted by Gasteiger charge is 2.01. The average molecular weight is 261 g/mol. The largest absolute Gasteiger partial charge is 0.329 e. The van der Waals surface area contributed by atoms with Crippen LogP contribution in [0.3, 0.4) is 0 Å². The van der Waals surface area contributed by atoms with Gasteiger partial charge in [0.15, 0.2) is 0 Å². The molecule has 0 aliphatic rings. The number of nitrogens with two attached hydrogens (primary N) is 1. The van der Waals surface area contributed by atoms with Gasteiger partial charge in [0.05, 0.1) is 4.47 Å². The summed E-state index contributed by atoms with van der Waals surface area (Å²) in [6, 6.07) is 5.26. The van der Waals surface area contributed by atoms with Gasteiger partial charge in [0.2, 0.25) is 0 Å². The van der Waals surface area contributed by atoms with E-state index in [2.05, 4.69) is 21.2 Å². The Labute approximate surface area is 91.8 Å². The molecule has 0 aliphatic heterocycles. The Kier molecular flexibility index (Phi) is 4.51. The van der Waals surface area contributed by atoms with Gasteiger partial charge in [-0.15, -0.1) is 0 Å². The van der Waals surface area contributed by atoms with E-state index in [4.69, 9.17) is 5.73 Å². The van der Waals surface area contributed by atoms with Gasteiger partial charge >= 0.3 is 0 Å². The van der Waals surface area contributed by atoms with Crippen molar-refractivity contribution >= 4 is 15.9 Å². The molecule has 0 fully saturated rings. The van der Waals surface area contributed by atoms with Gasteiger partial charge in [0.1, 0.15) is 5.82 Å². The van der Waals surface area contributed by atoms with Gasteiger partial charge in [0.25, 0.3) is 0 Å². The van der Waals surface area contributed by atoms with E-state index in [1.54, 1.807) is 12.1 Å². The molecule has 1 aromatic carbocycles. The number of hydrogen-bond acceptors (Lipinski definition) is 2. The van der Waals surface area contributed by atoms with Crippen LogP contribution in [0.25, 0.3) is 0 Å². The van der Waals surface area contributed by atoms with Gasteiger partial charge in [0, 0.05) is 19.1 Å². The highest BCUT2D eigenvalue weighted by molar-refractivity contribution is 9.10. The van der Waals surface area contributed by atoms with Crippen LogP contribution in [0, 0.1) is 5.82 Å². The van der Waals surface area contributed by atoms with Gasteiger partial charge in [-0.25, -0.2) is 4.39 Å². The summed E-state index contributed by atoms with van der Waals surface area (Å²) >= 11 is 3.14. The predicted molar refractivity (Wildman–Crippen MR) is 59.5 cm³/mol. The Morgan fingerprint density at radius 3 is 2.86 bits per heavy atom. The third-order valence-electron chi connectivity index (χ3n) is 1.99. The van der Waals surface area contributed by atoms with Crippen molar-refractivity contribution in [3.63, 3.8) is 0 Å². The van der Waals surface area contributed by atoms with Crippen molar-refractivity contribution in [2.24, 2.45) is 5.73 Å². The summed E-state index contributed by atoms with van der Waals surface area (Å²) in [5.74, 6) is -0.236. The van der Waals surface area contributed by atoms with E-state index in [0.717, 1.165) is 5.56 Å². The molecule has 0 heterocycles. The summed E-state index contributed by atoms with van der Waals surface area (Å²) in [6.45, 7) is 3.32. The van der Waals surface area contributed by atoms with E-state index in [9.17, 15) is 4.39 Å². The zero-order valence-corrected chi connectivity index (χ0v) is 9.64. The lowest BCUT2D eigenvalue weighted by atomic mass is 10.2. The number of nitrogens with one attached hydrogen (secondary N) is 1. The molecule has 78 valence electrons. The predicted octanol–water partition coefficient (Wildman–Crippen LogP) is 2.02. The van der Waals surface area contributed by atoms with Crippen molar-refractivity contribution in [3.05, 3.63) is 34.1 Å². The Bertz CT molecular complexity index is 304. The Hall–Kier alpha value is -0.450. The van der Waals surface area contributed by atoms with E-state index in [-0.39, 0.29) is 11.9 Å². The van der Waals surface area contributed by atoms with Crippen LogP contribution >= 0.6 is 15.9 Å². The maximum atomic E-state index is 12.9. The van der Waals surface area contributed by atoms with E-state index >= 15 is 0 Å². The van der Waals surface area contributed by atoms with Crippen molar-refractivity contribution in [2.75, 3.05) is 6.54 Å². The molecule has 1 rings (SSSR count). The number of rotatable bonds is 4. The minimum absolute atomic E-state index is 0.236. The van der Waals surface area contributed by atoms with Crippen LogP contribution < -0.4 is 11.1 Å². The van der Waals surface area contributed by atoms with Gasteiger partial charge in [-0.1, -0.05) is 6.07 Å². The van der Waals surface area contributed by atoms with Crippen LogP contribution in [0.15, 0.2) is 22.7 Å². The zero-order valence-electron chi connectivity index (χ0n) is 8.06. The molecule has 0 spiro atoms. The van der Waals surface area contributed by atoms with Crippen LogP contribution in [0.2, 0.25) is 0 Å². The lowest BCUT2D eigenvalue weighted by molar-refractivity contribution is 0.555. The molecule has 0 saturated heterocycles. The van der Waals surface area contributed by atoms with Crippen LogP contribution in [0.1, 0.15) is 12.5 Å². The Balaban J connectivity index is 2.55. The highest BCUT2D eigenvalue weighted by atomic mass is 79.9. The molecule has 4 heteroatoms. The van der Waals surface area contributed by atoms with Gasteiger partial charge in [-0.05, 0) is 40.5 Å². The Morgan fingerprint density at radius 1 is 1.57 bits per heavy atom. The molecule has 14 heavy (non-hydrogen) atoms. The van der Waals surface area contributed by atoms with E-state index in [1.807, 2.05) is 6.92 Å². The fourth-order valence-electron chi connectivity index (χ4n) is 1.03. The van der Waals surface area contributed by atoms with Crippen molar-refractivity contribution in [1.29, 1.82) is 0 Å². The average Bonchev–Trinajstić information content (AvgIpc) is 2.19. The first-order chi connectivity index (χ1) is 6.63. The van der Waals surface area contributed by atoms with Gasteiger partial charge in [-0.3, -0.25) is 0 Å². The quantitative estimate of drug-likeness (QED) is 0.870. The molecule has 0 aliphatic carbocycles. The first kappa shape index (κ1) is 11.6. The van der Waals surface area contributed by atoms with Crippen molar-refractivity contribution < 1.29 is 4.39 Å². The van der Waals surface area contributed by atoms with E-state index in [1.165, 1.54) is 6.07 Å². The molecular formula is C10H14BrFN2. The topological polar surface area (TPSA) is 38.0 Å². The fourth-order valence-corrected chi connectivity index (χ4v) is 1.45. The summed E-state index contributed by atoms with van der Waals surface area (Å²) in [5, 5.41) is 3.23. The maximum Gasteiger partial charge on any atom is 0.137 e. The van der Waals surface area contributed by atoms with Gasteiger partial charge < -0.3 is 11.1 Å². The second-order valence-corrected chi connectivity index (χ2v) is 4.12. The smallest absolute Gasteiger partial charge is 0.137 e. The standard InChI is InChI=1S/C10H14BrFN2/c1-7(5-13)14-6-8-2-3-10(12)9(11)4-8/h2-4,7,14H,5-6,13H2,1H3/t7-/m1/s1. The summed E-state index contributed by atoms with van der Waals surface area (Å²) in [5.41, 5.74) is 6.50. The molecule has 0 saturated carbocycles. The number of hydrogen-bond donors (Lipinski definition) is 2. The molecule has 1 aromatic rings. The van der Waals surface area contributed by atoms with Crippen LogP contribution in [0.4, 0.5) is 4.39 Å². The molecule has 1 atom stereocenters. The van der Waals surface area contributed by atoms with Crippen LogP contribution in [-0.4, -0.2) is 12.6 Å². The number of benzene rings is 1. The Morgan fingerprint density at radius 2 is 2.29 bits per heavy atom. The molecule has 0 amide bonds. The minimum atomic E-state index is -0.236. The number of halogens is 2.